The molecule has 0 aromatic carbocycles. The second-order valence-corrected chi connectivity index (χ2v) is 24.4. The van der Waals surface area contributed by atoms with Crippen LogP contribution in [0, 0.1) is 23.7 Å². The van der Waals surface area contributed by atoms with Crippen molar-refractivity contribution in [2.75, 3.05) is 26.4 Å². The smallest absolute Gasteiger partial charge is 0.374 e. The third-order valence-electron chi connectivity index (χ3n) is 5.98. The van der Waals surface area contributed by atoms with Crippen molar-refractivity contribution in [2.45, 2.75) is 133 Å². The van der Waals surface area contributed by atoms with E-state index in [-0.39, 0.29) is 23.7 Å². The number of rotatable bonds is 20. The minimum Gasteiger partial charge on any atom is -0.374 e. The predicted octanol–water partition coefficient (Wildman–Crippen LogP) is 8.15. The van der Waals surface area contributed by atoms with Gasteiger partial charge in [0, 0.05) is 50.6 Å². The Morgan fingerprint density at radius 3 is 0.675 bits per heavy atom. The highest BCUT2D eigenvalue weighted by Crippen LogP contribution is 2.42. The lowest BCUT2D eigenvalue weighted by molar-refractivity contribution is 0.00864. The molecule has 0 spiro atoms. The normalized spacial score (nSPS) is 30.0. The van der Waals surface area contributed by atoms with E-state index in [9.17, 15) is 0 Å². The zero-order valence-electron chi connectivity index (χ0n) is 28.1. The number of hydrogen-bond acceptors (Lipinski definition) is 8. The molecule has 0 aliphatic carbocycles. The van der Waals surface area contributed by atoms with Crippen LogP contribution in [-0.4, -0.2) is 61.6 Å². The van der Waals surface area contributed by atoms with Gasteiger partial charge in [-0.1, -0.05) is 83.1 Å². The predicted molar refractivity (Wildman–Crippen MR) is 171 cm³/mol. The average molecular weight is 641 g/mol. The van der Waals surface area contributed by atoms with Gasteiger partial charge in [0.2, 0.25) is 0 Å². The van der Waals surface area contributed by atoms with Crippen LogP contribution in [0.1, 0.15) is 109 Å². The second kappa shape index (κ2) is 18.4. The van der Waals surface area contributed by atoms with Gasteiger partial charge in [-0.2, -0.15) is 0 Å². The summed E-state index contributed by atoms with van der Waals surface area (Å²) in [7, 11) is -13.6. The van der Waals surface area contributed by atoms with E-state index in [1.165, 1.54) is 0 Å². The van der Waals surface area contributed by atoms with Gasteiger partial charge >= 0.3 is 35.2 Å². The lowest BCUT2D eigenvalue weighted by Crippen LogP contribution is -2.74. The van der Waals surface area contributed by atoms with E-state index in [4.69, 9.17) is 34.2 Å². The summed E-state index contributed by atoms with van der Waals surface area (Å²) in [6.45, 7) is 28.2. The summed E-state index contributed by atoms with van der Waals surface area (Å²) in [5.41, 5.74) is 0. The Bertz CT molecular complexity index is 561. The maximum Gasteiger partial charge on any atom is 0.486 e. The van der Waals surface area contributed by atoms with Crippen LogP contribution in [0.25, 0.3) is 0 Å². The summed E-state index contributed by atoms with van der Waals surface area (Å²) in [6, 6.07) is 2.61. The summed E-state index contributed by atoms with van der Waals surface area (Å²) in [4.78, 5) is 0. The highest BCUT2D eigenvalue weighted by molar-refractivity contribution is 6.89. The quantitative estimate of drug-likeness (QED) is 0.123. The average Bonchev–Trinajstić information content (AvgIpc) is 2.81. The summed E-state index contributed by atoms with van der Waals surface area (Å²) in [6.07, 6.45) is 3.43. The summed E-state index contributed by atoms with van der Waals surface area (Å²) >= 11 is 0. The Morgan fingerprint density at radius 1 is 0.375 bits per heavy atom. The molecule has 1 rings (SSSR count). The molecular formula is C28H64O8Si4. The molecule has 240 valence electrons. The zero-order valence-corrected chi connectivity index (χ0v) is 32.1. The molecule has 0 radical (unpaired) electrons. The maximum absolute atomic E-state index is 7.34. The maximum atomic E-state index is 7.34. The van der Waals surface area contributed by atoms with Crippen LogP contribution in [0.4, 0.5) is 0 Å². The molecule has 1 fully saturated rings. The van der Waals surface area contributed by atoms with E-state index < -0.39 is 35.2 Å². The van der Waals surface area contributed by atoms with E-state index in [0.717, 1.165) is 25.7 Å². The first-order chi connectivity index (χ1) is 18.7. The van der Waals surface area contributed by atoms with Gasteiger partial charge in [0.1, 0.15) is 0 Å². The molecule has 0 amide bonds. The van der Waals surface area contributed by atoms with Crippen LogP contribution >= 0.6 is 0 Å². The first kappa shape index (κ1) is 38.6. The molecule has 1 aliphatic rings. The lowest BCUT2D eigenvalue weighted by Gasteiger charge is -2.51. The lowest BCUT2D eigenvalue weighted by atomic mass is 10.3. The van der Waals surface area contributed by atoms with E-state index >= 15 is 0 Å². The Kier molecular flexibility index (Phi) is 17.7. The molecule has 12 heteroatoms. The molecule has 0 unspecified atom stereocenters. The van der Waals surface area contributed by atoms with E-state index in [2.05, 4.69) is 83.1 Å². The molecule has 0 saturated carbocycles. The molecule has 0 aromatic heterocycles. The van der Waals surface area contributed by atoms with E-state index in [0.29, 0.717) is 50.6 Å². The Labute approximate surface area is 251 Å². The highest BCUT2D eigenvalue weighted by Gasteiger charge is 2.68. The van der Waals surface area contributed by atoms with Crippen LogP contribution < -0.4 is 0 Å². The second-order valence-electron chi connectivity index (χ2n) is 12.9. The molecule has 0 bridgehead atoms. The van der Waals surface area contributed by atoms with Gasteiger partial charge in [-0.25, -0.2) is 0 Å². The number of hydrogen-bond donors (Lipinski definition) is 0. The minimum atomic E-state index is -3.40. The molecule has 8 nitrogen and oxygen atoms in total. The largest absolute Gasteiger partial charge is 0.486 e. The molecular weight excluding hydrogens is 577 g/mol. The van der Waals surface area contributed by atoms with Gasteiger partial charge in [-0.15, -0.1) is 0 Å². The standard InChI is InChI=1S/C28H64O8Si4/c1-13-17-29-37(21-25(5)6)33-38(22-26(7)8,30-18-14-2)35-40(24-28(11)12,32-20-16-4)36-39(34-37,23-27(9)10)31-19-15-3/h25-28H,13-24H2,1-12H3. The third-order valence-corrected chi connectivity index (χ3v) is 23.8. The fourth-order valence-electron chi connectivity index (χ4n) is 4.87. The Balaban J connectivity index is 4.03. The van der Waals surface area contributed by atoms with Crippen molar-refractivity contribution in [1.82, 2.24) is 0 Å². The van der Waals surface area contributed by atoms with Gasteiger partial charge in [0.25, 0.3) is 0 Å². The van der Waals surface area contributed by atoms with Gasteiger partial charge in [0.05, 0.1) is 0 Å². The molecule has 1 heterocycles. The Hall–Kier alpha value is 0.548. The fourth-order valence-corrected chi connectivity index (χ4v) is 25.7. The highest BCUT2D eigenvalue weighted by atomic mass is 28.6. The van der Waals surface area contributed by atoms with Crippen molar-refractivity contribution in [2.24, 2.45) is 23.7 Å². The molecule has 0 atom stereocenters. The van der Waals surface area contributed by atoms with Crippen molar-refractivity contribution in [3.05, 3.63) is 0 Å². The van der Waals surface area contributed by atoms with Crippen molar-refractivity contribution >= 4 is 35.2 Å². The molecule has 0 N–H and O–H groups in total. The topological polar surface area (TPSA) is 73.8 Å². The Morgan fingerprint density at radius 2 is 0.550 bits per heavy atom. The fraction of sp³-hybridized carbons (Fsp3) is 1.00. The third kappa shape index (κ3) is 13.0. The monoisotopic (exact) mass is 640 g/mol. The SMILES string of the molecule is CCCO[Si]1(CC(C)C)O[Si](CC(C)C)(OCCC)O[Si](CC(C)C)(OCCC)O[Si](CC(C)C)(OCCC)O1. The van der Waals surface area contributed by atoms with Crippen LogP contribution in [0.3, 0.4) is 0 Å². The summed E-state index contributed by atoms with van der Waals surface area (Å²) in [5.74, 6) is 1.13. The van der Waals surface area contributed by atoms with Crippen molar-refractivity contribution in [1.29, 1.82) is 0 Å². The summed E-state index contributed by atoms with van der Waals surface area (Å²) < 4.78 is 56.4. The minimum absolute atomic E-state index is 0.283. The van der Waals surface area contributed by atoms with Gasteiger partial charge in [0.15, 0.2) is 0 Å². The van der Waals surface area contributed by atoms with E-state index in [1.807, 2.05) is 0 Å². The first-order valence-corrected chi connectivity index (χ1v) is 23.8. The molecule has 0 aromatic rings. The van der Waals surface area contributed by atoms with Crippen molar-refractivity contribution < 1.29 is 34.2 Å². The summed E-state index contributed by atoms with van der Waals surface area (Å²) in [5, 5.41) is 0. The van der Waals surface area contributed by atoms with Crippen molar-refractivity contribution in [3.63, 3.8) is 0 Å². The zero-order chi connectivity index (χ0) is 30.5. The van der Waals surface area contributed by atoms with Crippen LogP contribution in [0.2, 0.25) is 24.2 Å². The first-order valence-electron chi connectivity index (χ1n) is 16.1. The van der Waals surface area contributed by atoms with Crippen LogP contribution in [0.5, 0.6) is 0 Å². The van der Waals surface area contributed by atoms with Gasteiger partial charge in [-0.3, -0.25) is 0 Å². The molecule has 1 saturated heterocycles. The van der Waals surface area contributed by atoms with Gasteiger partial charge < -0.3 is 34.2 Å². The van der Waals surface area contributed by atoms with Crippen LogP contribution in [-0.2, 0) is 34.2 Å². The van der Waals surface area contributed by atoms with Crippen LogP contribution in [0.15, 0.2) is 0 Å². The van der Waals surface area contributed by atoms with Crippen molar-refractivity contribution in [3.8, 4) is 0 Å². The van der Waals surface area contributed by atoms with Gasteiger partial charge in [-0.05, 0) is 49.4 Å². The molecule has 40 heavy (non-hydrogen) atoms. The van der Waals surface area contributed by atoms with E-state index in [1.54, 1.807) is 0 Å². The molecule has 1 aliphatic heterocycles.